The summed E-state index contributed by atoms with van der Waals surface area (Å²) in [6.07, 6.45) is 3.21. The highest BCUT2D eigenvalue weighted by Crippen LogP contribution is 2.14. The lowest BCUT2D eigenvalue weighted by Crippen LogP contribution is -2.25. The average Bonchev–Trinajstić information content (AvgIpc) is 2.81. The molecule has 0 saturated carbocycles. The molecule has 0 fully saturated rings. The van der Waals surface area contributed by atoms with E-state index in [9.17, 15) is 8.42 Å². The van der Waals surface area contributed by atoms with Gasteiger partial charge in [-0.15, -0.1) is 0 Å². The standard InChI is InChI=1S/C13H17N3O3S/c1-10-11(9-14-16-10)3-2-8-15-20(18,19)13-6-4-12(17)5-7-13/h4-7,9,15,17H,2-3,8H2,1H3,(H,14,16). The number of phenols is 1. The lowest BCUT2D eigenvalue weighted by molar-refractivity contribution is 0.474. The molecule has 0 bridgehead atoms. The molecule has 1 heterocycles. The highest BCUT2D eigenvalue weighted by atomic mass is 32.2. The highest BCUT2D eigenvalue weighted by Gasteiger charge is 2.13. The van der Waals surface area contributed by atoms with Crippen molar-refractivity contribution in [2.75, 3.05) is 6.54 Å². The predicted molar refractivity (Wildman–Crippen MR) is 74.9 cm³/mol. The first-order chi connectivity index (χ1) is 9.49. The number of nitrogens with one attached hydrogen (secondary N) is 2. The minimum Gasteiger partial charge on any atom is -0.508 e. The number of sulfonamides is 1. The number of nitrogens with zero attached hydrogens (tertiary/aromatic N) is 1. The summed E-state index contributed by atoms with van der Waals surface area (Å²) < 4.78 is 26.5. The minimum atomic E-state index is -3.51. The molecule has 7 heteroatoms. The first-order valence-electron chi connectivity index (χ1n) is 6.26. The van der Waals surface area contributed by atoms with E-state index in [1.165, 1.54) is 24.3 Å². The summed E-state index contributed by atoms with van der Waals surface area (Å²) in [6.45, 7) is 2.29. The van der Waals surface area contributed by atoms with Crippen molar-refractivity contribution in [3.63, 3.8) is 0 Å². The summed E-state index contributed by atoms with van der Waals surface area (Å²) >= 11 is 0. The Balaban J connectivity index is 1.87. The SMILES string of the molecule is Cc1[nH]ncc1CCCNS(=O)(=O)c1ccc(O)cc1. The van der Waals surface area contributed by atoms with Crippen LogP contribution in [0.2, 0.25) is 0 Å². The van der Waals surface area contributed by atoms with Gasteiger partial charge >= 0.3 is 0 Å². The van der Waals surface area contributed by atoms with E-state index in [0.29, 0.717) is 13.0 Å². The van der Waals surface area contributed by atoms with Gasteiger partial charge in [-0.05, 0) is 49.6 Å². The molecule has 0 spiro atoms. The lowest BCUT2D eigenvalue weighted by Gasteiger charge is -2.06. The van der Waals surface area contributed by atoms with Crippen LogP contribution in [0.25, 0.3) is 0 Å². The number of aryl methyl sites for hydroxylation is 2. The van der Waals surface area contributed by atoms with Crippen LogP contribution < -0.4 is 4.72 Å². The molecule has 2 aromatic rings. The molecule has 1 aromatic heterocycles. The quantitative estimate of drug-likeness (QED) is 0.701. The summed E-state index contributed by atoms with van der Waals surface area (Å²) in [6, 6.07) is 5.45. The van der Waals surface area contributed by atoms with Gasteiger partial charge in [0.25, 0.3) is 0 Å². The molecule has 0 aliphatic carbocycles. The van der Waals surface area contributed by atoms with Gasteiger partial charge in [0.1, 0.15) is 5.75 Å². The smallest absolute Gasteiger partial charge is 0.240 e. The lowest BCUT2D eigenvalue weighted by atomic mass is 10.1. The molecular weight excluding hydrogens is 278 g/mol. The van der Waals surface area contributed by atoms with Crippen molar-refractivity contribution in [2.24, 2.45) is 0 Å². The normalized spacial score (nSPS) is 11.7. The molecular formula is C13H17N3O3S. The molecule has 1 aromatic carbocycles. The summed E-state index contributed by atoms with van der Waals surface area (Å²) in [5, 5.41) is 15.9. The maximum atomic E-state index is 12.0. The third kappa shape index (κ3) is 3.58. The Kier molecular flexibility index (Phi) is 4.41. The largest absolute Gasteiger partial charge is 0.508 e. The Labute approximate surface area is 117 Å². The van der Waals surface area contributed by atoms with Crippen LogP contribution in [0.3, 0.4) is 0 Å². The molecule has 2 rings (SSSR count). The second-order valence-corrected chi connectivity index (χ2v) is 6.28. The van der Waals surface area contributed by atoms with Gasteiger partial charge in [-0.25, -0.2) is 13.1 Å². The van der Waals surface area contributed by atoms with Gasteiger partial charge in [0.15, 0.2) is 0 Å². The molecule has 0 aliphatic heterocycles. The number of benzene rings is 1. The van der Waals surface area contributed by atoms with Crippen molar-refractivity contribution in [3.8, 4) is 5.75 Å². The molecule has 6 nitrogen and oxygen atoms in total. The van der Waals surface area contributed by atoms with Crippen LogP contribution in [0.1, 0.15) is 17.7 Å². The average molecular weight is 295 g/mol. The molecule has 0 saturated heterocycles. The van der Waals surface area contributed by atoms with Crippen LogP contribution in [-0.4, -0.2) is 30.3 Å². The third-order valence-electron chi connectivity index (χ3n) is 3.00. The zero-order valence-electron chi connectivity index (χ0n) is 11.1. The zero-order valence-corrected chi connectivity index (χ0v) is 11.9. The Morgan fingerprint density at radius 2 is 2.00 bits per heavy atom. The monoisotopic (exact) mass is 295 g/mol. The summed E-state index contributed by atoms with van der Waals surface area (Å²) in [5.74, 6) is 0.0411. The maximum Gasteiger partial charge on any atom is 0.240 e. The number of phenolic OH excluding ortho intramolecular Hbond substituents is 1. The van der Waals surface area contributed by atoms with Crippen LogP contribution >= 0.6 is 0 Å². The van der Waals surface area contributed by atoms with E-state index in [-0.39, 0.29) is 10.6 Å². The molecule has 0 unspecified atom stereocenters. The van der Waals surface area contributed by atoms with Crippen molar-refractivity contribution in [3.05, 3.63) is 41.7 Å². The molecule has 0 amide bonds. The van der Waals surface area contributed by atoms with Crippen LogP contribution in [0, 0.1) is 6.92 Å². The Morgan fingerprint density at radius 1 is 1.30 bits per heavy atom. The van der Waals surface area contributed by atoms with Gasteiger partial charge in [-0.2, -0.15) is 5.10 Å². The maximum absolute atomic E-state index is 12.0. The predicted octanol–water partition coefficient (Wildman–Crippen LogP) is 1.33. The summed E-state index contributed by atoms with van der Waals surface area (Å²) in [7, 11) is -3.51. The first-order valence-corrected chi connectivity index (χ1v) is 7.75. The van der Waals surface area contributed by atoms with Crippen LogP contribution in [0.4, 0.5) is 0 Å². The van der Waals surface area contributed by atoms with Crippen molar-refractivity contribution in [2.45, 2.75) is 24.7 Å². The van der Waals surface area contributed by atoms with E-state index in [2.05, 4.69) is 14.9 Å². The van der Waals surface area contributed by atoms with E-state index >= 15 is 0 Å². The van der Waals surface area contributed by atoms with Crippen LogP contribution in [0.5, 0.6) is 5.75 Å². The molecule has 0 radical (unpaired) electrons. The number of hydrogen-bond donors (Lipinski definition) is 3. The highest BCUT2D eigenvalue weighted by molar-refractivity contribution is 7.89. The van der Waals surface area contributed by atoms with E-state index < -0.39 is 10.0 Å². The fourth-order valence-electron chi connectivity index (χ4n) is 1.82. The van der Waals surface area contributed by atoms with Crippen molar-refractivity contribution in [1.82, 2.24) is 14.9 Å². The van der Waals surface area contributed by atoms with Gasteiger partial charge < -0.3 is 5.11 Å². The number of hydrogen-bond acceptors (Lipinski definition) is 4. The number of aromatic hydroxyl groups is 1. The molecule has 3 N–H and O–H groups in total. The second-order valence-electron chi connectivity index (χ2n) is 4.52. The van der Waals surface area contributed by atoms with Gasteiger partial charge in [-0.3, -0.25) is 5.10 Å². The van der Waals surface area contributed by atoms with E-state index in [4.69, 9.17) is 5.11 Å². The fraction of sp³-hybridized carbons (Fsp3) is 0.308. The Hall–Kier alpha value is -1.86. The van der Waals surface area contributed by atoms with E-state index in [1.807, 2.05) is 6.92 Å². The third-order valence-corrected chi connectivity index (χ3v) is 4.47. The van der Waals surface area contributed by atoms with Gasteiger partial charge in [-0.1, -0.05) is 0 Å². The topological polar surface area (TPSA) is 95.1 Å². The zero-order chi connectivity index (χ0) is 14.6. The summed E-state index contributed by atoms with van der Waals surface area (Å²) in [5.41, 5.74) is 2.10. The van der Waals surface area contributed by atoms with Crippen molar-refractivity contribution in [1.29, 1.82) is 0 Å². The number of H-pyrrole nitrogens is 1. The minimum absolute atomic E-state index is 0.0411. The van der Waals surface area contributed by atoms with Gasteiger partial charge in [0.2, 0.25) is 10.0 Å². The fourth-order valence-corrected chi connectivity index (χ4v) is 2.90. The molecule has 0 aliphatic rings. The molecule has 20 heavy (non-hydrogen) atoms. The molecule has 108 valence electrons. The van der Waals surface area contributed by atoms with Crippen LogP contribution in [0.15, 0.2) is 35.4 Å². The van der Waals surface area contributed by atoms with E-state index in [1.54, 1.807) is 6.20 Å². The van der Waals surface area contributed by atoms with E-state index in [0.717, 1.165) is 17.7 Å². The second kappa shape index (κ2) is 6.06. The summed E-state index contributed by atoms with van der Waals surface area (Å²) in [4.78, 5) is 0.148. The Bertz CT molecular complexity index is 662. The number of rotatable bonds is 6. The first kappa shape index (κ1) is 14.5. The van der Waals surface area contributed by atoms with Gasteiger partial charge in [0.05, 0.1) is 11.1 Å². The van der Waals surface area contributed by atoms with Gasteiger partial charge in [0, 0.05) is 12.2 Å². The number of aromatic amines is 1. The Morgan fingerprint density at radius 3 is 2.60 bits per heavy atom. The van der Waals surface area contributed by atoms with Crippen molar-refractivity contribution < 1.29 is 13.5 Å². The van der Waals surface area contributed by atoms with Crippen LogP contribution in [-0.2, 0) is 16.4 Å². The van der Waals surface area contributed by atoms with Crippen molar-refractivity contribution >= 4 is 10.0 Å². The number of aromatic nitrogens is 2. The molecule has 0 atom stereocenters.